The number of benzene rings is 2. The van der Waals surface area contributed by atoms with Crippen molar-refractivity contribution in [2.75, 3.05) is 6.54 Å². The first-order chi connectivity index (χ1) is 16.5. The van der Waals surface area contributed by atoms with E-state index in [0.717, 1.165) is 23.9 Å². The molecule has 2 aromatic carbocycles. The Morgan fingerprint density at radius 1 is 1.06 bits per heavy atom. The van der Waals surface area contributed by atoms with Crippen molar-refractivity contribution < 1.29 is 26.7 Å². The molecule has 0 saturated heterocycles. The predicted octanol–water partition coefficient (Wildman–Crippen LogP) is 5.69. The zero-order valence-corrected chi connectivity index (χ0v) is 18.7. The van der Waals surface area contributed by atoms with Crippen molar-refractivity contribution in [1.82, 2.24) is 19.7 Å². The third kappa shape index (κ3) is 4.02. The van der Waals surface area contributed by atoms with Crippen LogP contribution in [0.2, 0.25) is 0 Å². The van der Waals surface area contributed by atoms with Gasteiger partial charge in [0.2, 0.25) is 0 Å². The maximum absolute atomic E-state index is 13.8. The quantitative estimate of drug-likeness (QED) is 0.342. The van der Waals surface area contributed by atoms with E-state index in [1.807, 2.05) is 0 Å². The Bertz CT molecular complexity index is 1460. The molecule has 2 aromatic heterocycles. The van der Waals surface area contributed by atoms with Crippen molar-refractivity contribution in [3.8, 4) is 11.3 Å². The monoisotopic (exact) mass is 486 g/mol. The SMILES string of the molecule is C[C@H]1c2nn(C)c(-c3cc(F)cc(F)c3)c2CCN1C(=O)c1ccc2ncc(C(F)(F)F)cc2c1. The summed E-state index contributed by atoms with van der Waals surface area (Å²) in [6.45, 7) is 2.10. The molecule has 1 aliphatic rings. The van der Waals surface area contributed by atoms with Crippen molar-refractivity contribution in [3.05, 3.63) is 82.7 Å². The summed E-state index contributed by atoms with van der Waals surface area (Å²) >= 11 is 0. The molecule has 1 atom stereocenters. The van der Waals surface area contributed by atoms with Crippen molar-refractivity contribution in [2.24, 2.45) is 7.05 Å². The minimum atomic E-state index is -4.54. The number of pyridine rings is 1. The normalized spacial score (nSPS) is 16.0. The van der Waals surface area contributed by atoms with Crippen LogP contribution in [0.1, 0.15) is 40.1 Å². The molecule has 4 aromatic rings. The van der Waals surface area contributed by atoms with Gasteiger partial charge >= 0.3 is 6.18 Å². The largest absolute Gasteiger partial charge is 0.417 e. The third-order valence-electron chi connectivity index (χ3n) is 6.29. The number of hydrogen-bond acceptors (Lipinski definition) is 3. The highest BCUT2D eigenvalue weighted by Gasteiger charge is 2.34. The molecule has 1 amide bonds. The van der Waals surface area contributed by atoms with Crippen molar-refractivity contribution in [1.29, 1.82) is 0 Å². The second-order valence-electron chi connectivity index (χ2n) is 8.55. The van der Waals surface area contributed by atoms with E-state index < -0.39 is 29.4 Å². The third-order valence-corrected chi connectivity index (χ3v) is 6.29. The van der Waals surface area contributed by atoms with E-state index in [2.05, 4.69) is 10.1 Å². The molecule has 0 N–H and O–H groups in total. The summed E-state index contributed by atoms with van der Waals surface area (Å²) in [4.78, 5) is 18.8. The van der Waals surface area contributed by atoms with Crippen LogP contribution in [0.3, 0.4) is 0 Å². The van der Waals surface area contributed by atoms with Gasteiger partial charge in [0.15, 0.2) is 0 Å². The van der Waals surface area contributed by atoms with E-state index in [0.29, 0.717) is 35.4 Å². The Morgan fingerprint density at radius 2 is 1.77 bits per heavy atom. The summed E-state index contributed by atoms with van der Waals surface area (Å²) in [6, 6.07) is 8.24. The van der Waals surface area contributed by atoms with E-state index in [1.54, 1.807) is 23.6 Å². The fourth-order valence-electron chi connectivity index (χ4n) is 4.66. The van der Waals surface area contributed by atoms with Crippen LogP contribution in [-0.4, -0.2) is 32.1 Å². The number of aryl methyl sites for hydroxylation is 1. The average Bonchev–Trinajstić information content (AvgIpc) is 3.13. The van der Waals surface area contributed by atoms with E-state index in [1.165, 1.54) is 30.3 Å². The summed E-state index contributed by atoms with van der Waals surface area (Å²) in [6.07, 6.45) is -3.37. The standard InChI is InChI=1S/C25H19F5N4O/c1-13-22-20(23(33(2)32-22)16-9-18(26)11-19(27)10-16)5-6-34(13)24(35)14-3-4-21-15(7-14)8-17(12-31-21)25(28,29)30/h3-4,7-13H,5-6H2,1-2H3/t13-/m0/s1. The molecule has 5 rings (SSSR count). The van der Waals surface area contributed by atoms with Gasteiger partial charge in [0, 0.05) is 47.9 Å². The van der Waals surface area contributed by atoms with Gasteiger partial charge in [-0.15, -0.1) is 0 Å². The molecule has 0 bridgehead atoms. The van der Waals surface area contributed by atoms with Crippen molar-refractivity contribution in [3.63, 3.8) is 0 Å². The van der Waals surface area contributed by atoms with Crippen LogP contribution in [0.25, 0.3) is 22.2 Å². The number of carbonyl (C=O) groups excluding carboxylic acids is 1. The first kappa shape index (κ1) is 22.9. The van der Waals surface area contributed by atoms with Gasteiger partial charge in [0.05, 0.1) is 28.5 Å². The molecule has 3 heterocycles. The summed E-state index contributed by atoms with van der Waals surface area (Å²) < 4.78 is 68.5. The second kappa shape index (κ2) is 8.14. The summed E-state index contributed by atoms with van der Waals surface area (Å²) in [5, 5.41) is 4.74. The fraction of sp³-hybridized carbons (Fsp3) is 0.240. The topological polar surface area (TPSA) is 51.0 Å². The van der Waals surface area contributed by atoms with Crippen LogP contribution >= 0.6 is 0 Å². The summed E-state index contributed by atoms with van der Waals surface area (Å²) in [7, 11) is 1.67. The Labute approximate surface area is 196 Å². The van der Waals surface area contributed by atoms with Gasteiger partial charge in [-0.05, 0) is 49.7 Å². The minimum Gasteiger partial charge on any atom is -0.330 e. The predicted molar refractivity (Wildman–Crippen MR) is 118 cm³/mol. The highest BCUT2D eigenvalue weighted by molar-refractivity contribution is 5.98. The van der Waals surface area contributed by atoms with E-state index >= 15 is 0 Å². The maximum Gasteiger partial charge on any atom is 0.417 e. The van der Waals surface area contributed by atoms with Gasteiger partial charge in [-0.2, -0.15) is 18.3 Å². The van der Waals surface area contributed by atoms with Gasteiger partial charge in [-0.1, -0.05) is 0 Å². The first-order valence-corrected chi connectivity index (χ1v) is 10.8. The molecule has 5 nitrogen and oxygen atoms in total. The number of fused-ring (bicyclic) bond motifs is 2. The molecule has 0 fully saturated rings. The maximum atomic E-state index is 13.8. The molecule has 0 spiro atoms. The molecule has 0 radical (unpaired) electrons. The second-order valence-corrected chi connectivity index (χ2v) is 8.55. The molecular formula is C25H19F5N4O. The van der Waals surface area contributed by atoms with Crippen LogP contribution in [-0.2, 0) is 19.6 Å². The van der Waals surface area contributed by atoms with Gasteiger partial charge < -0.3 is 4.90 Å². The highest BCUT2D eigenvalue weighted by atomic mass is 19.4. The summed E-state index contributed by atoms with van der Waals surface area (Å²) in [5.74, 6) is -1.75. The van der Waals surface area contributed by atoms with Crippen LogP contribution in [0, 0.1) is 11.6 Å². The van der Waals surface area contributed by atoms with Crippen LogP contribution < -0.4 is 0 Å². The minimum absolute atomic E-state index is 0.212. The molecule has 0 unspecified atom stereocenters. The fourth-order valence-corrected chi connectivity index (χ4v) is 4.66. The lowest BCUT2D eigenvalue weighted by atomic mass is 9.95. The highest BCUT2D eigenvalue weighted by Crippen LogP contribution is 2.37. The average molecular weight is 486 g/mol. The lowest BCUT2D eigenvalue weighted by Crippen LogP contribution is -2.38. The molecule has 180 valence electrons. The number of rotatable bonds is 2. The Kier molecular flexibility index (Phi) is 5.34. The van der Waals surface area contributed by atoms with Gasteiger partial charge in [0.1, 0.15) is 11.6 Å². The van der Waals surface area contributed by atoms with Gasteiger partial charge in [-0.3, -0.25) is 14.5 Å². The van der Waals surface area contributed by atoms with E-state index in [4.69, 9.17) is 0 Å². The molecule has 35 heavy (non-hydrogen) atoms. The van der Waals surface area contributed by atoms with E-state index in [9.17, 15) is 26.7 Å². The zero-order valence-electron chi connectivity index (χ0n) is 18.7. The lowest BCUT2D eigenvalue weighted by molar-refractivity contribution is -0.137. The number of alkyl halides is 3. The molecule has 0 aliphatic carbocycles. The molecule has 0 saturated carbocycles. The number of carbonyl (C=O) groups is 1. The number of amides is 1. The Morgan fingerprint density at radius 3 is 2.46 bits per heavy atom. The van der Waals surface area contributed by atoms with Crippen LogP contribution in [0.5, 0.6) is 0 Å². The Hall–Kier alpha value is -3.82. The molecular weight excluding hydrogens is 467 g/mol. The lowest BCUT2D eigenvalue weighted by Gasteiger charge is -2.33. The van der Waals surface area contributed by atoms with Gasteiger partial charge in [0.25, 0.3) is 5.91 Å². The van der Waals surface area contributed by atoms with Crippen LogP contribution in [0.4, 0.5) is 22.0 Å². The molecule has 1 aliphatic heterocycles. The Balaban J connectivity index is 1.48. The van der Waals surface area contributed by atoms with Crippen molar-refractivity contribution >= 4 is 16.8 Å². The molecule has 10 heteroatoms. The number of halogens is 5. The smallest absolute Gasteiger partial charge is 0.330 e. The first-order valence-electron chi connectivity index (χ1n) is 10.8. The number of nitrogens with zero attached hydrogens (tertiary/aromatic N) is 4. The van der Waals surface area contributed by atoms with E-state index in [-0.39, 0.29) is 16.9 Å². The summed E-state index contributed by atoms with van der Waals surface area (Å²) in [5.41, 5.74) is 2.03. The number of hydrogen-bond donors (Lipinski definition) is 0. The van der Waals surface area contributed by atoms with Crippen LogP contribution in [0.15, 0.2) is 48.7 Å². The van der Waals surface area contributed by atoms with Crippen molar-refractivity contribution in [2.45, 2.75) is 25.6 Å². The van der Waals surface area contributed by atoms with Gasteiger partial charge in [-0.25, -0.2) is 8.78 Å². The number of aromatic nitrogens is 3. The zero-order chi connectivity index (χ0) is 25.1.